The first-order valence-corrected chi connectivity index (χ1v) is 19.8. The van der Waals surface area contributed by atoms with Gasteiger partial charge in [0.25, 0.3) is 0 Å². The van der Waals surface area contributed by atoms with Crippen LogP contribution in [-0.2, 0) is 0 Å². The third kappa shape index (κ3) is 5.04. The minimum Gasteiger partial charge on any atom is -0.454 e. The minimum absolute atomic E-state index is 0.587. The molecule has 5 nitrogen and oxygen atoms in total. The van der Waals surface area contributed by atoms with Crippen LogP contribution in [0.4, 0.5) is 0 Å². The molecule has 0 radical (unpaired) electrons. The number of hydrogen-bond acceptors (Lipinski definition) is 5. The summed E-state index contributed by atoms with van der Waals surface area (Å²) in [5.74, 6) is 1.83. The van der Waals surface area contributed by atoms with E-state index in [0.717, 1.165) is 60.9 Å². The Labute approximate surface area is 330 Å². The van der Waals surface area contributed by atoms with Gasteiger partial charge in [-0.15, -0.1) is 11.3 Å². The molecule has 0 aliphatic rings. The molecule has 266 valence electrons. The quantitative estimate of drug-likeness (QED) is 0.176. The molecule has 0 bridgehead atoms. The zero-order valence-electron chi connectivity index (χ0n) is 30.4. The Hall–Kier alpha value is -7.41. The van der Waals surface area contributed by atoms with E-state index in [0.29, 0.717) is 17.5 Å². The van der Waals surface area contributed by atoms with E-state index in [1.807, 2.05) is 72.0 Å². The molecule has 0 unspecified atom stereocenters. The zero-order chi connectivity index (χ0) is 37.5. The van der Waals surface area contributed by atoms with Crippen LogP contribution in [0.2, 0.25) is 0 Å². The molecule has 12 rings (SSSR count). The van der Waals surface area contributed by atoms with Gasteiger partial charge in [0, 0.05) is 58.4 Å². The summed E-state index contributed by atoms with van der Waals surface area (Å²) in [4.78, 5) is 15.0. The van der Waals surface area contributed by atoms with E-state index in [-0.39, 0.29) is 0 Å². The molecule has 0 amide bonds. The van der Waals surface area contributed by atoms with E-state index in [9.17, 15) is 0 Å². The van der Waals surface area contributed by atoms with Crippen molar-refractivity contribution in [3.63, 3.8) is 0 Å². The van der Waals surface area contributed by atoms with Crippen molar-refractivity contribution in [2.24, 2.45) is 0 Å². The number of thiophene rings is 1. The van der Waals surface area contributed by atoms with Gasteiger partial charge in [0.05, 0.1) is 16.7 Å². The normalized spacial score (nSPS) is 11.9. The van der Waals surface area contributed by atoms with Crippen LogP contribution in [0.1, 0.15) is 0 Å². The van der Waals surface area contributed by atoms with Crippen LogP contribution in [0, 0.1) is 0 Å². The Balaban J connectivity index is 1.13. The molecule has 0 aliphatic carbocycles. The van der Waals surface area contributed by atoms with Crippen LogP contribution in [0.5, 0.6) is 0 Å². The highest BCUT2D eigenvalue weighted by molar-refractivity contribution is 7.25. The third-order valence-corrected chi connectivity index (χ3v) is 12.2. The standard InChI is InChI=1S/C51H30N4OS/c1-3-14-31(15-4-1)49-52-50(32-16-5-2-6-17-32)54-51(53-49)33-26-27-38-40-28-34(35-21-13-25-46-47(35)39-20-9-12-24-45(39)57-46)29-43(48(40)56-44(38)30-33)55-41-22-10-7-18-36(41)37-19-8-11-23-42(37)55/h1-30H. The van der Waals surface area contributed by atoms with Gasteiger partial charge in [0.15, 0.2) is 23.1 Å². The van der Waals surface area contributed by atoms with Crippen molar-refractivity contribution in [1.29, 1.82) is 0 Å². The topological polar surface area (TPSA) is 56.7 Å². The summed E-state index contributed by atoms with van der Waals surface area (Å²) in [6.07, 6.45) is 0. The summed E-state index contributed by atoms with van der Waals surface area (Å²) < 4.78 is 12.0. The van der Waals surface area contributed by atoms with E-state index in [4.69, 9.17) is 19.4 Å². The SMILES string of the molecule is c1ccc(-c2nc(-c3ccccc3)nc(-c3ccc4c(c3)oc3c(-n5c6ccccc6c6ccccc65)cc(-c5cccc6sc7ccccc7c56)cc34)n2)cc1. The molecular weight excluding hydrogens is 717 g/mol. The highest BCUT2D eigenvalue weighted by Gasteiger charge is 2.22. The highest BCUT2D eigenvalue weighted by Crippen LogP contribution is 2.45. The number of fused-ring (bicyclic) bond motifs is 9. The molecule has 4 heterocycles. The molecule has 0 saturated heterocycles. The Morgan fingerprint density at radius 1 is 0.404 bits per heavy atom. The van der Waals surface area contributed by atoms with Gasteiger partial charge in [-0.25, -0.2) is 15.0 Å². The van der Waals surface area contributed by atoms with Gasteiger partial charge in [0.2, 0.25) is 0 Å². The number of hydrogen-bond donors (Lipinski definition) is 0. The Bertz CT molecular complexity index is 3420. The molecule has 0 spiro atoms. The van der Waals surface area contributed by atoms with Crippen molar-refractivity contribution in [3.05, 3.63) is 182 Å². The maximum absolute atomic E-state index is 7.04. The largest absolute Gasteiger partial charge is 0.454 e. The van der Waals surface area contributed by atoms with E-state index in [2.05, 4.69) is 126 Å². The van der Waals surface area contributed by atoms with Gasteiger partial charge in [-0.05, 0) is 59.7 Å². The monoisotopic (exact) mass is 746 g/mol. The zero-order valence-corrected chi connectivity index (χ0v) is 31.2. The van der Waals surface area contributed by atoms with Crippen molar-refractivity contribution in [2.45, 2.75) is 0 Å². The number of aromatic nitrogens is 4. The molecule has 6 heteroatoms. The van der Waals surface area contributed by atoms with E-state index < -0.39 is 0 Å². The first-order chi connectivity index (χ1) is 28.2. The molecule has 0 aliphatic heterocycles. The second-order valence-electron chi connectivity index (χ2n) is 14.4. The maximum Gasteiger partial charge on any atom is 0.164 e. The first kappa shape index (κ1) is 31.9. The van der Waals surface area contributed by atoms with Crippen molar-refractivity contribution >= 4 is 75.3 Å². The van der Waals surface area contributed by atoms with Crippen LogP contribution < -0.4 is 0 Å². The van der Waals surface area contributed by atoms with E-state index in [1.54, 1.807) is 0 Å². The summed E-state index contributed by atoms with van der Waals surface area (Å²) in [5, 5.41) is 7.03. The average molecular weight is 747 g/mol. The summed E-state index contributed by atoms with van der Waals surface area (Å²) in [6.45, 7) is 0. The first-order valence-electron chi connectivity index (χ1n) is 19.0. The Morgan fingerprint density at radius 3 is 1.67 bits per heavy atom. The predicted octanol–water partition coefficient (Wildman–Crippen LogP) is 13.9. The van der Waals surface area contributed by atoms with Gasteiger partial charge in [-0.3, -0.25) is 0 Å². The third-order valence-electron chi connectivity index (χ3n) is 11.0. The van der Waals surface area contributed by atoms with Crippen LogP contribution >= 0.6 is 11.3 Å². The summed E-state index contributed by atoms with van der Waals surface area (Å²) in [7, 11) is 0. The van der Waals surface area contributed by atoms with Gasteiger partial charge in [0.1, 0.15) is 5.58 Å². The molecular formula is C51H30N4OS. The van der Waals surface area contributed by atoms with Gasteiger partial charge < -0.3 is 8.98 Å². The van der Waals surface area contributed by atoms with Crippen LogP contribution in [0.25, 0.3) is 115 Å². The molecule has 0 N–H and O–H groups in total. The lowest BCUT2D eigenvalue weighted by Crippen LogP contribution is -2.00. The number of rotatable bonds is 5. The van der Waals surface area contributed by atoms with Gasteiger partial charge in [-0.1, -0.05) is 133 Å². The van der Waals surface area contributed by atoms with Crippen LogP contribution in [0.15, 0.2) is 186 Å². The number of benzene rings is 8. The molecule has 0 saturated carbocycles. The molecule has 57 heavy (non-hydrogen) atoms. The number of furan rings is 1. The van der Waals surface area contributed by atoms with Gasteiger partial charge >= 0.3 is 0 Å². The van der Waals surface area contributed by atoms with E-state index >= 15 is 0 Å². The van der Waals surface area contributed by atoms with Crippen molar-refractivity contribution in [2.75, 3.05) is 0 Å². The van der Waals surface area contributed by atoms with Crippen molar-refractivity contribution in [1.82, 2.24) is 19.5 Å². The second-order valence-corrected chi connectivity index (χ2v) is 15.5. The summed E-state index contributed by atoms with van der Waals surface area (Å²) >= 11 is 1.84. The number of nitrogens with zero attached hydrogens (tertiary/aromatic N) is 4. The van der Waals surface area contributed by atoms with E-state index in [1.165, 1.54) is 36.5 Å². The maximum atomic E-state index is 7.04. The molecule has 0 fully saturated rings. The fraction of sp³-hybridized carbons (Fsp3) is 0. The van der Waals surface area contributed by atoms with Gasteiger partial charge in [-0.2, -0.15) is 0 Å². The average Bonchev–Trinajstić information content (AvgIpc) is 3.96. The Kier molecular flexibility index (Phi) is 7.03. The minimum atomic E-state index is 0.587. The molecule has 8 aromatic carbocycles. The van der Waals surface area contributed by atoms with Crippen LogP contribution in [-0.4, -0.2) is 19.5 Å². The van der Waals surface area contributed by atoms with Crippen LogP contribution in [0.3, 0.4) is 0 Å². The predicted molar refractivity (Wildman–Crippen MR) is 236 cm³/mol. The van der Waals surface area contributed by atoms with Crippen molar-refractivity contribution < 1.29 is 4.42 Å². The Morgan fingerprint density at radius 2 is 0.982 bits per heavy atom. The smallest absolute Gasteiger partial charge is 0.164 e. The summed E-state index contributed by atoms with van der Waals surface area (Å²) in [6, 6.07) is 63.8. The lowest BCUT2D eigenvalue weighted by molar-refractivity contribution is 0.666. The molecule has 0 atom stereocenters. The lowest BCUT2D eigenvalue weighted by Gasteiger charge is -2.12. The highest BCUT2D eigenvalue weighted by atomic mass is 32.1. The lowest BCUT2D eigenvalue weighted by atomic mass is 9.97. The molecule has 4 aromatic heterocycles. The fourth-order valence-electron chi connectivity index (χ4n) is 8.46. The van der Waals surface area contributed by atoms with Crippen molar-refractivity contribution in [3.8, 4) is 51.0 Å². The second kappa shape index (κ2) is 12.6. The fourth-order valence-corrected chi connectivity index (χ4v) is 9.59. The number of para-hydroxylation sites is 2. The molecule has 12 aromatic rings. The summed E-state index contributed by atoms with van der Waals surface area (Å²) in [5.41, 5.74) is 9.89.